The van der Waals surface area contributed by atoms with Crippen LogP contribution < -0.4 is 0 Å². The summed E-state index contributed by atoms with van der Waals surface area (Å²) in [5.41, 5.74) is 0. The second-order valence-corrected chi connectivity index (χ2v) is 7.77. The molecular formula is C13H24N2O3S. The molecule has 1 saturated carbocycles. The van der Waals surface area contributed by atoms with Gasteiger partial charge in [0.2, 0.25) is 0 Å². The average Bonchev–Trinajstić information content (AvgIpc) is 2.47. The minimum absolute atomic E-state index is 0.260. The molecule has 5 nitrogen and oxygen atoms in total. The maximum Gasteiger partial charge on any atom is 0.282 e. The SMILES string of the molecule is O=S(=O)(N1CCOCC1)N1CCCC2CCCCC21. The molecule has 2 saturated heterocycles. The molecule has 3 aliphatic rings. The second-order valence-electron chi connectivity index (χ2n) is 5.88. The van der Waals surface area contributed by atoms with E-state index in [1.165, 1.54) is 25.7 Å². The third-order valence-corrected chi connectivity index (χ3v) is 6.85. The number of nitrogens with zero attached hydrogens (tertiary/aromatic N) is 2. The third-order valence-electron chi connectivity index (χ3n) is 4.78. The van der Waals surface area contributed by atoms with Crippen molar-refractivity contribution in [3.63, 3.8) is 0 Å². The second kappa shape index (κ2) is 5.68. The van der Waals surface area contributed by atoms with Gasteiger partial charge in [0, 0.05) is 25.7 Å². The van der Waals surface area contributed by atoms with Gasteiger partial charge in [-0.1, -0.05) is 12.8 Å². The van der Waals surface area contributed by atoms with E-state index >= 15 is 0 Å². The number of hydrogen-bond donors (Lipinski definition) is 0. The highest BCUT2D eigenvalue weighted by Crippen LogP contribution is 2.37. The van der Waals surface area contributed by atoms with Crippen molar-refractivity contribution in [3.05, 3.63) is 0 Å². The summed E-state index contributed by atoms with van der Waals surface area (Å²) in [6.07, 6.45) is 6.93. The Labute approximate surface area is 116 Å². The lowest BCUT2D eigenvalue weighted by atomic mass is 9.79. The van der Waals surface area contributed by atoms with Gasteiger partial charge in [-0.2, -0.15) is 17.0 Å². The minimum atomic E-state index is -3.27. The van der Waals surface area contributed by atoms with Crippen molar-refractivity contribution in [1.29, 1.82) is 0 Å². The van der Waals surface area contributed by atoms with E-state index in [0.29, 0.717) is 38.8 Å². The van der Waals surface area contributed by atoms with Crippen LogP contribution in [0.3, 0.4) is 0 Å². The van der Waals surface area contributed by atoms with Crippen LogP contribution in [0.2, 0.25) is 0 Å². The van der Waals surface area contributed by atoms with Crippen molar-refractivity contribution in [2.24, 2.45) is 5.92 Å². The highest BCUT2D eigenvalue weighted by molar-refractivity contribution is 7.86. The largest absolute Gasteiger partial charge is 0.379 e. The first kappa shape index (κ1) is 13.8. The zero-order chi connectivity index (χ0) is 13.3. The lowest BCUT2D eigenvalue weighted by Gasteiger charge is -2.45. The predicted molar refractivity (Wildman–Crippen MR) is 73.0 cm³/mol. The molecule has 1 aliphatic carbocycles. The van der Waals surface area contributed by atoms with Crippen molar-refractivity contribution in [1.82, 2.24) is 8.61 Å². The number of piperidine rings is 1. The van der Waals surface area contributed by atoms with Crippen molar-refractivity contribution in [3.8, 4) is 0 Å². The molecular weight excluding hydrogens is 264 g/mol. The van der Waals surface area contributed by atoms with Gasteiger partial charge in [0.25, 0.3) is 10.2 Å². The zero-order valence-electron chi connectivity index (χ0n) is 11.5. The molecule has 0 bridgehead atoms. The van der Waals surface area contributed by atoms with Crippen LogP contribution in [0, 0.1) is 5.92 Å². The van der Waals surface area contributed by atoms with E-state index < -0.39 is 10.2 Å². The van der Waals surface area contributed by atoms with Crippen molar-refractivity contribution in [2.45, 2.75) is 44.6 Å². The molecule has 0 amide bonds. The van der Waals surface area contributed by atoms with Crippen LogP contribution in [0.25, 0.3) is 0 Å². The quantitative estimate of drug-likeness (QED) is 0.767. The molecule has 0 aromatic heterocycles. The van der Waals surface area contributed by atoms with E-state index in [1.807, 2.05) is 4.31 Å². The molecule has 0 aromatic carbocycles. The van der Waals surface area contributed by atoms with Crippen LogP contribution in [0.5, 0.6) is 0 Å². The normalized spacial score (nSPS) is 34.9. The summed E-state index contributed by atoms with van der Waals surface area (Å²) in [5.74, 6) is 0.596. The maximum absolute atomic E-state index is 12.8. The van der Waals surface area contributed by atoms with Crippen LogP contribution in [-0.2, 0) is 14.9 Å². The standard InChI is InChI=1S/C13H24N2O3S/c16-19(17,14-8-10-18-11-9-14)15-7-3-5-12-4-1-2-6-13(12)15/h12-13H,1-11H2. The maximum atomic E-state index is 12.8. The van der Waals surface area contributed by atoms with Gasteiger partial charge >= 0.3 is 0 Å². The molecule has 6 heteroatoms. The summed E-state index contributed by atoms with van der Waals surface area (Å²) in [7, 11) is -3.27. The Balaban J connectivity index is 1.78. The van der Waals surface area contributed by atoms with Gasteiger partial charge in [-0.25, -0.2) is 0 Å². The van der Waals surface area contributed by atoms with E-state index in [-0.39, 0.29) is 6.04 Å². The van der Waals surface area contributed by atoms with E-state index in [2.05, 4.69) is 0 Å². The van der Waals surface area contributed by atoms with Crippen LogP contribution in [0.15, 0.2) is 0 Å². The molecule has 0 aromatic rings. The van der Waals surface area contributed by atoms with Gasteiger partial charge in [0.15, 0.2) is 0 Å². The molecule has 3 rings (SSSR count). The Morgan fingerprint density at radius 3 is 2.37 bits per heavy atom. The van der Waals surface area contributed by atoms with Gasteiger partial charge < -0.3 is 4.74 Å². The fourth-order valence-electron chi connectivity index (χ4n) is 3.79. The monoisotopic (exact) mass is 288 g/mol. The van der Waals surface area contributed by atoms with Gasteiger partial charge in [0.05, 0.1) is 13.2 Å². The van der Waals surface area contributed by atoms with Crippen LogP contribution in [-0.4, -0.2) is 55.9 Å². The summed E-state index contributed by atoms with van der Waals surface area (Å²) < 4.78 is 34.3. The third kappa shape index (κ3) is 2.68. The molecule has 2 unspecified atom stereocenters. The molecule has 2 aliphatic heterocycles. The Hall–Kier alpha value is -0.170. The first-order valence-corrected chi connectivity index (χ1v) is 8.94. The number of fused-ring (bicyclic) bond motifs is 1. The number of rotatable bonds is 2. The summed E-state index contributed by atoms with van der Waals surface area (Å²) in [5, 5.41) is 0. The molecule has 2 atom stereocenters. The molecule has 2 heterocycles. The topological polar surface area (TPSA) is 49.9 Å². The molecule has 0 radical (unpaired) electrons. The summed E-state index contributed by atoms with van der Waals surface area (Å²) in [6, 6.07) is 0.260. The lowest BCUT2D eigenvalue weighted by molar-refractivity contribution is 0.0632. The molecule has 110 valence electrons. The van der Waals surface area contributed by atoms with Gasteiger partial charge in [-0.15, -0.1) is 0 Å². The van der Waals surface area contributed by atoms with Crippen LogP contribution in [0.4, 0.5) is 0 Å². The number of ether oxygens (including phenoxy) is 1. The smallest absolute Gasteiger partial charge is 0.282 e. The Morgan fingerprint density at radius 2 is 1.58 bits per heavy atom. The molecule has 0 spiro atoms. The van der Waals surface area contributed by atoms with Crippen LogP contribution >= 0.6 is 0 Å². The van der Waals surface area contributed by atoms with E-state index in [4.69, 9.17) is 4.74 Å². The predicted octanol–water partition coefficient (Wildman–Crippen LogP) is 1.22. The van der Waals surface area contributed by atoms with Gasteiger partial charge in [0.1, 0.15) is 0 Å². The fraction of sp³-hybridized carbons (Fsp3) is 1.00. The minimum Gasteiger partial charge on any atom is -0.379 e. The Kier molecular flexibility index (Phi) is 4.12. The summed E-state index contributed by atoms with van der Waals surface area (Å²) in [4.78, 5) is 0. The highest BCUT2D eigenvalue weighted by Gasteiger charge is 2.41. The Morgan fingerprint density at radius 1 is 0.895 bits per heavy atom. The van der Waals surface area contributed by atoms with Crippen LogP contribution in [0.1, 0.15) is 38.5 Å². The highest BCUT2D eigenvalue weighted by atomic mass is 32.2. The number of morpholine rings is 1. The average molecular weight is 288 g/mol. The van der Waals surface area contributed by atoms with Crippen molar-refractivity contribution < 1.29 is 13.2 Å². The van der Waals surface area contributed by atoms with E-state index in [9.17, 15) is 8.42 Å². The molecule has 19 heavy (non-hydrogen) atoms. The van der Waals surface area contributed by atoms with Crippen molar-refractivity contribution >= 4 is 10.2 Å². The van der Waals surface area contributed by atoms with Gasteiger partial charge in [-0.05, 0) is 31.6 Å². The summed E-state index contributed by atoms with van der Waals surface area (Å²) in [6.45, 7) is 2.79. The number of hydrogen-bond acceptors (Lipinski definition) is 3. The fourth-order valence-corrected chi connectivity index (χ4v) is 5.68. The van der Waals surface area contributed by atoms with E-state index in [0.717, 1.165) is 12.8 Å². The zero-order valence-corrected chi connectivity index (χ0v) is 12.3. The lowest BCUT2D eigenvalue weighted by Crippen LogP contribution is -2.56. The first-order valence-electron chi connectivity index (χ1n) is 7.54. The summed E-state index contributed by atoms with van der Waals surface area (Å²) >= 11 is 0. The van der Waals surface area contributed by atoms with Gasteiger partial charge in [-0.3, -0.25) is 0 Å². The molecule has 3 fully saturated rings. The Bertz CT molecular complexity index is 404. The van der Waals surface area contributed by atoms with E-state index in [1.54, 1.807) is 4.31 Å². The first-order chi connectivity index (χ1) is 9.19. The van der Waals surface area contributed by atoms with Crippen molar-refractivity contribution in [2.75, 3.05) is 32.8 Å². The molecule has 0 N–H and O–H groups in total.